The molecule has 0 aliphatic heterocycles. The molecule has 33 heavy (non-hydrogen) atoms. The van der Waals surface area contributed by atoms with E-state index in [1.54, 1.807) is 13.8 Å². The zero-order valence-corrected chi connectivity index (χ0v) is 19.0. The summed E-state index contributed by atoms with van der Waals surface area (Å²) in [6.45, 7) is 3.85. The lowest BCUT2D eigenvalue weighted by molar-refractivity contribution is -0.147. The molecular formula is C26H30N2O5. The van der Waals surface area contributed by atoms with Gasteiger partial charge in [-0.1, -0.05) is 48.5 Å². The van der Waals surface area contributed by atoms with Gasteiger partial charge >= 0.3 is 12.1 Å². The Morgan fingerprint density at radius 1 is 1.00 bits per heavy atom. The molecule has 0 atom stereocenters. The molecule has 2 aromatic rings. The van der Waals surface area contributed by atoms with Crippen molar-refractivity contribution in [2.45, 2.75) is 45.1 Å². The van der Waals surface area contributed by atoms with Crippen molar-refractivity contribution in [2.75, 3.05) is 13.2 Å². The van der Waals surface area contributed by atoms with Crippen molar-refractivity contribution < 1.29 is 24.2 Å². The van der Waals surface area contributed by atoms with Crippen molar-refractivity contribution >= 4 is 18.0 Å². The topological polar surface area (TPSA) is 105 Å². The number of hydrogen-bond donors (Lipinski definition) is 3. The van der Waals surface area contributed by atoms with E-state index in [9.17, 15) is 14.4 Å². The van der Waals surface area contributed by atoms with E-state index < -0.39 is 17.5 Å². The number of aliphatic carboxylic acids is 1. The summed E-state index contributed by atoms with van der Waals surface area (Å²) in [5.41, 5.74) is 3.82. The van der Waals surface area contributed by atoms with Gasteiger partial charge in [0.2, 0.25) is 5.91 Å². The van der Waals surface area contributed by atoms with E-state index in [0.29, 0.717) is 25.8 Å². The van der Waals surface area contributed by atoms with E-state index in [4.69, 9.17) is 9.84 Å². The maximum absolute atomic E-state index is 12.4. The van der Waals surface area contributed by atoms with Crippen molar-refractivity contribution in [3.63, 3.8) is 0 Å². The Bertz CT molecular complexity index is 1010. The molecular weight excluding hydrogens is 420 g/mol. The van der Waals surface area contributed by atoms with Gasteiger partial charge in [-0.05, 0) is 55.4 Å². The van der Waals surface area contributed by atoms with Crippen molar-refractivity contribution in [1.29, 1.82) is 0 Å². The largest absolute Gasteiger partial charge is 0.481 e. The second kappa shape index (κ2) is 9.25. The van der Waals surface area contributed by atoms with Crippen LogP contribution in [-0.4, -0.2) is 42.3 Å². The maximum Gasteiger partial charge on any atom is 0.407 e. The van der Waals surface area contributed by atoms with E-state index in [0.717, 1.165) is 11.1 Å². The van der Waals surface area contributed by atoms with Crippen molar-refractivity contribution in [3.05, 3.63) is 59.7 Å². The van der Waals surface area contributed by atoms with Crippen LogP contribution < -0.4 is 10.6 Å². The number of nitrogens with one attached hydrogen (secondary N) is 2. The van der Waals surface area contributed by atoms with Gasteiger partial charge in [-0.3, -0.25) is 9.59 Å². The summed E-state index contributed by atoms with van der Waals surface area (Å²) in [5, 5.41) is 14.8. The molecule has 2 amide bonds. The number of benzene rings is 2. The van der Waals surface area contributed by atoms with Crippen LogP contribution in [0.2, 0.25) is 0 Å². The van der Waals surface area contributed by atoms with Crippen molar-refractivity contribution in [3.8, 4) is 11.1 Å². The molecule has 2 aromatic carbocycles. The van der Waals surface area contributed by atoms with E-state index in [1.165, 1.54) is 11.1 Å². The summed E-state index contributed by atoms with van der Waals surface area (Å²) in [6, 6.07) is 16.3. The van der Waals surface area contributed by atoms with E-state index >= 15 is 0 Å². The van der Waals surface area contributed by atoms with Crippen LogP contribution in [0, 0.1) is 11.3 Å². The Morgan fingerprint density at radius 2 is 1.58 bits per heavy atom. The summed E-state index contributed by atoms with van der Waals surface area (Å²) in [5.74, 6) is -1.13. The van der Waals surface area contributed by atoms with Crippen LogP contribution in [0.25, 0.3) is 11.1 Å². The molecule has 174 valence electrons. The average molecular weight is 451 g/mol. The van der Waals surface area contributed by atoms with Gasteiger partial charge in [0.15, 0.2) is 0 Å². The molecule has 0 saturated heterocycles. The monoisotopic (exact) mass is 450 g/mol. The van der Waals surface area contributed by atoms with Gasteiger partial charge in [0.05, 0.1) is 5.41 Å². The second-order valence-electron chi connectivity index (χ2n) is 9.57. The SMILES string of the molecule is CC(C)(CCNC(=O)C1CC(NC(=O)OCC2c3ccccc3-c3ccccc32)C1)C(=O)O. The van der Waals surface area contributed by atoms with E-state index in [1.807, 2.05) is 24.3 Å². The lowest BCUT2D eigenvalue weighted by Gasteiger charge is -2.34. The van der Waals surface area contributed by atoms with Crippen LogP contribution in [0.5, 0.6) is 0 Å². The zero-order chi connectivity index (χ0) is 23.6. The Morgan fingerprint density at radius 3 is 2.15 bits per heavy atom. The first-order valence-corrected chi connectivity index (χ1v) is 11.4. The quantitative estimate of drug-likeness (QED) is 0.565. The van der Waals surface area contributed by atoms with Gasteiger partial charge in [-0.2, -0.15) is 0 Å². The fraction of sp³-hybridized carbons (Fsp3) is 0.423. The molecule has 0 unspecified atom stereocenters. The van der Waals surface area contributed by atoms with Crippen molar-refractivity contribution in [1.82, 2.24) is 10.6 Å². The first kappa shape index (κ1) is 22.8. The number of hydrogen-bond acceptors (Lipinski definition) is 4. The molecule has 7 heteroatoms. The molecule has 0 bridgehead atoms. The molecule has 0 radical (unpaired) electrons. The van der Waals surface area contributed by atoms with Gasteiger partial charge < -0.3 is 20.5 Å². The summed E-state index contributed by atoms with van der Waals surface area (Å²) in [7, 11) is 0. The highest BCUT2D eigenvalue weighted by Crippen LogP contribution is 2.44. The van der Waals surface area contributed by atoms with Gasteiger partial charge in [-0.15, -0.1) is 0 Å². The fourth-order valence-corrected chi connectivity index (χ4v) is 4.51. The first-order chi connectivity index (χ1) is 15.8. The summed E-state index contributed by atoms with van der Waals surface area (Å²) < 4.78 is 5.56. The zero-order valence-electron chi connectivity index (χ0n) is 19.0. The second-order valence-corrected chi connectivity index (χ2v) is 9.57. The number of amides is 2. The molecule has 3 N–H and O–H groups in total. The number of fused-ring (bicyclic) bond motifs is 3. The normalized spacial score (nSPS) is 19.1. The van der Waals surface area contributed by atoms with Gasteiger partial charge in [0.25, 0.3) is 0 Å². The fourth-order valence-electron chi connectivity index (χ4n) is 4.51. The maximum atomic E-state index is 12.4. The lowest BCUT2D eigenvalue weighted by Crippen LogP contribution is -2.50. The van der Waals surface area contributed by atoms with Crippen LogP contribution in [0.1, 0.15) is 50.2 Å². The molecule has 7 nitrogen and oxygen atoms in total. The summed E-state index contributed by atoms with van der Waals surface area (Å²) in [6.07, 6.45) is 1.00. The number of carboxylic acids is 1. The average Bonchev–Trinajstić information content (AvgIpc) is 3.08. The van der Waals surface area contributed by atoms with Crippen LogP contribution in [0.15, 0.2) is 48.5 Å². The van der Waals surface area contributed by atoms with Crippen LogP contribution in [-0.2, 0) is 14.3 Å². The molecule has 0 aromatic heterocycles. The lowest BCUT2D eigenvalue weighted by atomic mass is 9.79. The third kappa shape index (κ3) is 4.87. The molecule has 1 saturated carbocycles. The van der Waals surface area contributed by atoms with Gasteiger partial charge in [0, 0.05) is 24.4 Å². The third-order valence-corrected chi connectivity index (χ3v) is 6.80. The van der Waals surface area contributed by atoms with E-state index in [2.05, 4.69) is 34.9 Å². The highest BCUT2D eigenvalue weighted by molar-refractivity contribution is 5.81. The number of carbonyl (C=O) groups excluding carboxylic acids is 2. The Labute approximate surface area is 193 Å². The number of carboxylic acid groups (broad SMARTS) is 1. The van der Waals surface area contributed by atoms with Crippen molar-refractivity contribution in [2.24, 2.45) is 11.3 Å². The van der Waals surface area contributed by atoms with E-state index in [-0.39, 0.29) is 30.4 Å². The Balaban J connectivity index is 1.21. The highest BCUT2D eigenvalue weighted by Gasteiger charge is 2.36. The minimum atomic E-state index is -0.882. The molecule has 2 aliphatic carbocycles. The van der Waals surface area contributed by atoms with Crippen LogP contribution >= 0.6 is 0 Å². The predicted molar refractivity (Wildman–Crippen MR) is 124 cm³/mol. The molecule has 2 aliphatic rings. The smallest absolute Gasteiger partial charge is 0.407 e. The highest BCUT2D eigenvalue weighted by atomic mass is 16.5. The molecule has 4 rings (SSSR count). The standard InChI is InChI=1S/C26H30N2O5/c1-26(2,24(30)31)11-12-27-23(29)16-13-17(14-16)28-25(32)33-15-22-20-9-5-3-7-18(20)19-8-4-6-10-21(19)22/h3-10,16-17,22H,11-15H2,1-2H3,(H,27,29)(H,28,32)(H,30,31). The minimum absolute atomic E-state index is 0.0121. The number of rotatable bonds is 8. The van der Waals surface area contributed by atoms with Crippen LogP contribution in [0.4, 0.5) is 4.79 Å². The summed E-state index contributed by atoms with van der Waals surface area (Å²) in [4.78, 5) is 35.7. The van der Waals surface area contributed by atoms with Gasteiger partial charge in [0.1, 0.15) is 6.61 Å². The Kier molecular flexibility index (Phi) is 6.40. The predicted octanol–water partition coefficient (Wildman–Crippen LogP) is 3.92. The molecule has 0 heterocycles. The molecule has 1 fully saturated rings. The Hall–Kier alpha value is -3.35. The minimum Gasteiger partial charge on any atom is -0.481 e. The number of ether oxygens (including phenoxy) is 1. The summed E-state index contributed by atoms with van der Waals surface area (Å²) >= 11 is 0. The third-order valence-electron chi connectivity index (χ3n) is 6.80. The van der Waals surface area contributed by atoms with Crippen LogP contribution in [0.3, 0.4) is 0 Å². The van der Waals surface area contributed by atoms with Gasteiger partial charge in [-0.25, -0.2) is 4.79 Å². The first-order valence-electron chi connectivity index (χ1n) is 11.4. The molecule has 0 spiro atoms. The number of carbonyl (C=O) groups is 3. The number of alkyl carbamates (subject to hydrolysis) is 1.